The smallest absolute Gasteiger partial charge is 0.241 e. The van der Waals surface area contributed by atoms with Crippen LogP contribution in [-0.2, 0) is 9.59 Å². The van der Waals surface area contributed by atoms with Crippen molar-refractivity contribution in [2.75, 3.05) is 27.2 Å². The highest BCUT2D eigenvalue weighted by atomic mass is 16.2. The Morgan fingerprint density at radius 1 is 1.24 bits per heavy atom. The first-order valence-electron chi connectivity index (χ1n) is 6.05. The third-order valence-electron chi connectivity index (χ3n) is 2.81. The van der Waals surface area contributed by atoms with E-state index in [0.29, 0.717) is 6.54 Å². The standard InChI is InChI=1S/C12H25N3O2/c1-6-7-15(8-11(16)14(4)5)12(17)9(2)10(3)13/h9-10H,6-8,13H2,1-5H3. The maximum Gasteiger partial charge on any atom is 0.241 e. The van der Waals surface area contributed by atoms with Crippen molar-refractivity contribution < 1.29 is 9.59 Å². The Kier molecular flexibility index (Phi) is 6.80. The van der Waals surface area contributed by atoms with Crippen molar-refractivity contribution in [2.24, 2.45) is 11.7 Å². The largest absolute Gasteiger partial charge is 0.347 e. The fourth-order valence-corrected chi connectivity index (χ4v) is 1.35. The molecule has 0 spiro atoms. The number of likely N-dealkylation sites (N-methyl/N-ethyl adjacent to an activating group) is 1. The Labute approximate surface area is 104 Å². The first-order valence-corrected chi connectivity index (χ1v) is 6.05. The van der Waals surface area contributed by atoms with Crippen molar-refractivity contribution in [2.45, 2.75) is 33.2 Å². The lowest BCUT2D eigenvalue weighted by atomic mass is 10.0. The van der Waals surface area contributed by atoms with Gasteiger partial charge in [0.15, 0.2) is 0 Å². The second kappa shape index (κ2) is 7.27. The molecule has 0 rings (SSSR count). The highest BCUT2D eigenvalue weighted by molar-refractivity contribution is 5.85. The van der Waals surface area contributed by atoms with Crippen molar-refractivity contribution >= 4 is 11.8 Å². The molecule has 0 heterocycles. The van der Waals surface area contributed by atoms with E-state index in [1.807, 2.05) is 6.92 Å². The SMILES string of the molecule is CCCN(CC(=O)N(C)C)C(=O)C(C)C(C)N. The number of nitrogens with zero attached hydrogens (tertiary/aromatic N) is 2. The number of rotatable bonds is 6. The summed E-state index contributed by atoms with van der Waals surface area (Å²) in [6.45, 7) is 6.32. The van der Waals surface area contributed by atoms with Gasteiger partial charge in [-0.15, -0.1) is 0 Å². The Hall–Kier alpha value is -1.10. The molecule has 0 saturated heterocycles. The van der Waals surface area contributed by atoms with E-state index in [0.717, 1.165) is 6.42 Å². The van der Waals surface area contributed by atoms with Crippen LogP contribution in [0.1, 0.15) is 27.2 Å². The minimum atomic E-state index is -0.253. The number of carbonyl (C=O) groups excluding carboxylic acids is 2. The van der Waals surface area contributed by atoms with Crippen molar-refractivity contribution in [3.05, 3.63) is 0 Å². The molecule has 0 aliphatic carbocycles. The van der Waals surface area contributed by atoms with Gasteiger partial charge in [0.25, 0.3) is 0 Å². The topological polar surface area (TPSA) is 66.6 Å². The third kappa shape index (κ3) is 5.17. The second-order valence-corrected chi connectivity index (χ2v) is 4.70. The molecular weight excluding hydrogens is 218 g/mol. The van der Waals surface area contributed by atoms with Crippen LogP contribution in [0.4, 0.5) is 0 Å². The Morgan fingerprint density at radius 2 is 1.76 bits per heavy atom. The molecule has 0 aliphatic heterocycles. The molecule has 0 aromatic heterocycles. The van der Waals surface area contributed by atoms with E-state index in [1.54, 1.807) is 32.8 Å². The third-order valence-corrected chi connectivity index (χ3v) is 2.81. The zero-order valence-corrected chi connectivity index (χ0v) is 11.6. The van der Waals surface area contributed by atoms with Gasteiger partial charge in [-0.2, -0.15) is 0 Å². The summed E-state index contributed by atoms with van der Waals surface area (Å²) in [4.78, 5) is 26.8. The number of carbonyl (C=O) groups is 2. The van der Waals surface area contributed by atoms with Gasteiger partial charge in [0.05, 0.1) is 12.5 Å². The van der Waals surface area contributed by atoms with Gasteiger partial charge in [-0.25, -0.2) is 0 Å². The minimum Gasteiger partial charge on any atom is -0.347 e. The van der Waals surface area contributed by atoms with Crippen LogP contribution in [0.15, 0.2) is 0 Å². The Balaban J connectivity index is 4.62. The number of nitrogens with two attached hydrogens (primary N) is 1. The average Bonchev–Trinajstić information content (AvgIpc) is 2.25. The fourth-order valence-electron chi connectivity index (χ4n) is 1.35. The Morgan fingerprint density at radius 3 is 2.12 bits per heavy atom. The van der Waals surface area contributed by atoms with Gasteiger partial charge in [0, 0.05) is 26.7 Å². The average molecular weight is 243 g/mol. The molecule has 5 nitrogen and oxygen atoms in total. The van der Waals surface area contributed by atoms with Gasteiger partial charge in [-0.1, -0.05) is 13.8 Å². The van der Waals surface area contributed by atoms with Gasteiger partial charge < -0.3 is 15.5 Å². The second-order valence-electron chi connectivity index (χ2n) is 4.70. The zero-order chi connectivity index (χ0) is 13.6. The fraction of sp³-hybridized carbons (Fsp3) is 0.833. The molecule has 0 aromatic rings. The molecule has 0 fully saturated rings. The van der Waals surface area contributed by atoms with Gasteiger partial charge in [-0.05, 0) is 13.3 Å². The lowest BCUT2D eigenvalue weighted by Gasteiger charge is -2.27. The number of hydrogen-bond acceptors (Lipinski definition) is 3. The van der Waals surface area contributed by atoms with Crippen LogP contribution in [0.3, 0.4) is 0 Å². The molecule has 2 atom stereocenters. The lowest BCUT2D eigenvalue weighted by molar-refractivity contribution is -0.141. The van der Waals surface area contributed by atoms with E-state index in [4.69, 9.17) is 5.73 Å². The van der Waals surface area contributed by atoms with E-state index in [9.17, 15) is 9.59 Å². The first-order chi connectivity index (χ1) is 7.81. The first kappa shape index (κ1) is 15.9. The zero-order valence-electron chi connectivity index (χ0n) is 11.6. The summed E-state index contributed by atoms with van der Waals surface area (Å²) < 4.78 is 0. The molecule has 2 unspecified atom stereocenters. The predicted octanol–water partition coefficient (Wildman–Crippen LogP) is 0.297. The van der Waals surface area contributed by atoms with Crippen molar-refractivity contribution in [3.8, 4) is 0 Å². The van der Waals surface area contributed by atoms with E-state index < -0.39 is 0 Å². The van der Waals surface area contributed by atoms with E-state index in [2.05, 4.69) is 0 Å². The van der Waals surface area contributed by atoms with Crippen LogP contribution in [-0.4, -0.2) is 54.8 Å². The van der Waals surface area contributed by atoms with Crippen LogP contribution >= 0.6 is 0 Å². The van der Waals surface area contributed by atoms with Gasteiger partial charge in [0.1, 0.15) is 0 Å². The van der Waals surface area contributed by atoms with Crippen LogP contribution in [0.25, 0.3) is 0 Å². The highest BCUT2D eigenvalue weighted by Crippen LogP contribution is 2.07. The van der Waals surface area contributed by atoms with Gasteiger partial charge >= 0.3 is 0 Å². The molecule has 17 heavy (non-hydrogen) atoms. The molecule has 0 radical (unpaired) electrons. The van der Waals surface area contributed by atoms with E-state index in [-0.39, 0.29) is 30.3 Å². The molecule has 0 bridgehead atoms. The van der Waals surface area contributed by atoms with Crippen LogP contribution in [0.5, 0.6) is 0 Å². The van der Waals surface area contributed by atoms with Crippen LogP contribution in [0, 0.1) is 5.92 Å². The highest BCUT2D eigenvalue weighted by Gasteiger charge is 2.24. The van der Waals surface area contributed by atoms with Crippen molar-refractivity contribution in [3.63, 3.8) is 0 Å². The molecular formula is C12H25N3O2. The molecule has 2 amide bonds. The van der Waals surface area contributed by atoms with E-state index in [1.165, 1.54) is 4.90 Å². The number of hydrogen-bond donors (Lipinski definition) is 1. The number of amides is 2. The molecule has 5 heteroatoms. The summed E-state index contributed by atoms with van der Waals surface area (Å²) in [6, 6.07) is -0.198. The normalized spacial score (nSPS) is 14.0. The Bertz CT molecular complexity index is 264. The summed E-state index contributed by atoms with van der Waals surface area (Å²) in [6.07, 6.45) is 0.831. The van der Waals surface area contributed by atoms with Crippen molar-refractivity contribution in [1.82, 2.24) is 9.80 Å². The van der Waals surface area contributed by atoms with Crippen molar-refractivity contribution in [1.29, 1.82) is 0 Å². The minimum absolute atomic E-state index is 0.0444. The molecule has 2 N–H and O–H groups in total. The summed E-state index contributed by atoms with van der Waals surface area (Å²) in [5.74, 6) is -0.364. The molecule has 0 aliphatic rings. The summed E-state index contributed by atoms with van der Waals surface area (Å²) >= 11 is 0. The molecule has 0 aromatic carbocycles. The maximum absolute atomic E-state index is 12.1. The summed E-state index contributed by atoms with van der Waals surface area (Å²) in [5.41, 5.74) is 5.72. The van der Waals surface area contributed by atoms with Gasteiger partial charge in [-0.3, -0.25) is 9.59 Å². The summed E-state index contributed by atoms with van der Waals surface area (Å²) in [7, 11) is 3.37. The molecule has 0 saturated carbocycles. The molecule has 100 valence electrons. The quantitative estimate of drug-likeness (QED) is 0.729. The maximum atomic E-state index is 12.1. The van der Waals surface area contributed by atoms with Crippen LogP contribution < -0.4 is 5.73 Å². The van der Waals surface area contributed by atoms with Gasteiger partial charge in [0.2, 0.25) is 11.8 Å². The predicted molar refractivity (Wildman–Crippen MR) is 68.4 cm³/mol. The van der Waals surface area contributed by atoms with Crippen LogP contribution in [0.2, 0.25) is 0 Å². The van der Waals surface area contributed by atoms with E-state index >= 15 is 0 Å². The lowest BCUT2D eigenvalue weighted by Crippen LogP contribution is -2.46. The monoisotopic (exact) mass is 243 g/mol. The summed E-state index contributed by atoms with van der Waals surface area (Å²) in [5, 5.41) is 0.